The molecule has 0 atom stereocenters. The summed E-state index contributed by atoms with van der Waals surface area (Å²) >= 11 is 0. The van der Waals surface area contributed by atoms with E-state index in [0.29, 0.717) is 11.3 Å². The van der Waals surface area contributed by atoms with Gasteiger partial charge in [0, 0.05) is 23.5 Å². The minimum Gasteiger partial charge on any atom is -0.478 e. The lowest BCUT2D eigenvalue weighted by Crippen LogP contribution is -2.01. The van der Waals surface area contributed by atoms with Crippen LogP contribution in [0.5, 0.6) is 0 Å². The van der Waals surface area contributed by atoms with Crippen molar-refractivity contribution in [1.82, 2.24) is 9.55 Å². The molecule has 0 aliphatic carbocycles. The molecule has 0 aliphatic heterocycles. The average molecular weight is 252 g/mol. The van der Waals surface area contributed by atoms with E-state index in [2.05, 4.69) is 4.98 Å². The number of aromatic nitrogens is 2. The van der Waals surface area contributed by atoms with Crippen molar-refractivity contribution in [3.8, 4) is 5.69 Å². The van der Waals surface area contributed by atoms with Gasteiger partial charge in [-0.15, -0.1) is 0 Å². The Morgan fingerprint density at radius 1 is 1.21 bits per heavy atom. The third-order valence-corrected chi connectivity index (χ3v) is 3.26. The number of rotatable bonds is 2. The van der Waals surface area contributed by atoms with Crippen molar-refractivity contribution in [2.45, 2.75) is 6.92 Å². The van der Waals surface area contributed by atoms with E-state index in [1.165, 1.54) is 0 Å². The van der Waals surface area contributed by atoms with Crippen LogP contribution in [0.4, 0.5) is 0 Å². The summed E-state index contributed by atoms with van der Waals surface area (Å²) in [7, 11) is 0. The maximum absolute atomic E-state index is 11.1. The fourth-order valence-electron chi connectivity index (χ4n) is 2.29. The van der Waals surface area contributed by atoms with E-state index in [9.17, 15) is 4.79 Å². The zero-order valence-electron chi connectivity index (χ0n) is 10.4. The molecule has 1 aromatic carbocycles. The first-order valence-corrected chi connectivity index (χ1v) is 5.94. The Hall–Kier alpha value is -2.62. The van der Waals surface area contributed by atoms with Crippen LogP contribution in [0.3, 0.4) is 0 Å². The van der Waals surface area contributed by atoms with E-state index < -0.39 is 5.97 Å². The summed E-state index contributed by atoms with van der Waals surface area (Å²) in [6.45, 7) is 1.80. The van der Waals surface area contributed by atoms with E-state index in [1.807, 2.05) is 34.9 Å². The first-order valence-electron chi connectivity index (χ1n) is 5.94. The minimum absolute atomic E-state index is 0.320. The number of hydrogen-bond acceptors (Lipinski definition) is 2. The van der Waals surface area contributed by atoms with Crippen molar-refractivity contribution in [3.63, 3.8) is 0 Å². The van der Waals surface area contributed by atoms with E-state index in [1.54, 1.807) is 25.4 Å². The van der Waals surface area contributed by atoms with Gasteiger partial charge in [0.25, 0.3) is 0 Å². The summed E-state index contributed by atoms with van der Waals surface area (Å²) in [5, 5.41) is 10.1. The highest BCUT2D eigenvalue weighted by Gasteiger charge is 2.13. The molecular weight excluding hydrogens is 240 g/mol. The van der Waals surface area contributed by atoms with E-state index in [0.717, 1.165) is 16.6 Å². The lowest BCUT2D eigenvalue weighted by Gasteiger charge is -2.09. The molecule has 94 valence electrons. The summed E-state index contributed by atoms with van der Waals surface area (Å²) in [6.07, 6.45) is 3.51. The van der Waals surface area contributed by atoms with E-state index >= 15 is 0 Å². The molecule has 0 saturated carbocycles. The third-order valence-electron chi connectivity index (χ3n) is 3.26. The molecule has 3 rings (SSSR count). The molecule has 0 radical (unpaired) electrons. The number of aromatic carboxylic acids is 1. The van der Waals surface area contributed by atoms with Gasteiger partial charge in [0.1, 0.15) is 0 Å². The molecule has 4 nitrogen and oxygen atoms in total. The zero-order valence-corrected chi connectivity index (χ0v) is 10.4. The molecule has 0 saturated heterocycles. The Kier molecular flexibility index (Phi) is 2.56. The van der Waals surface area contributed by atoms with Crippen LogP contribution in [0.25, 0.3) is 16.6 Å². The summed E-state index contributed by atoms with van der Waals surface area (Å²) in [5.74, 6) is -0.908. The predicted molar refractivity (Wildman–Crippen MR) is 72.8 cm³/mol. The molecule has 2 aromatic heterocycles. The van der Waals surface area contributed by atoms with Crippen LogP contribution in [0.2, 0.25) is 0 Å². The van der Waals surface area contributed by atoms with Crippen molar-refractivity contribution in [1.29, 1.82) is 0 Å². The number of carboxylic acid groups (broad SMARTS) is 1. The largest absolute Gasteiger partial charge is 0.478 e. The van der Waals surface area contributed by atoms with Gasteiger partial charge >= 0.3 is 5.97 Å². The van der Waals surface area contributed by atoms with Gasteiger partial charge in [-0.25, -0.2) is 4.79 Å². The molecule has 0 bridgehead atoms. The second-order valence-corrected chi connectivity index (χ2v) is 4.34. The highest BCUT2D eigenvalue weighted by Crippen LogP contribution is 2.23. The van der Waals surface area contributed by atoms with Gasteiger partial charge in [-0.2, -0.15) is 0 Å². The summed E-state index contributed by atoms with van der Waals surface area (Å²) in [6, 6.07) is 11.3. The number of nitrogens with zero attached hydrogens (tertiary/aromatic N) is 2. The van der Waals surface area contributed by atoms with Gasteiger partial charge in [0.2, 0.25) is 0 Å². The van der Waals surface area contributed by atoms with Crippen LogP contribution in [0.15, 0.2) is 48.8 Å². The first kappa shape index (κ1) is 11.5. The number of carbonyl (C=O) groups is 1. The fraction of sp³-hybridized carbons (Fsp3) is 0.0667. The Bertz CT molecular complexity index is 769. The van der Waals surface area contributed by atoms with Crippen LogP contribution in [0.1, 0.15) is 16.1 Å². The zero-order chi connectivity index (χ0) is 13.4. The van der Waals surface area contributed by atoms with Gasteiger partial charge in [-0.3, -0.25) is 4.98 Å². The standard InChI is InChI=1S/C15H12N2O2/c1-10-11(15(18)19)7-9-17(10)14-6-8-16-13-5-3-2-4-12(13)14/h2-9H,1H3,(H,18,19). The van der Waals surface area contributed by atoms with Crippen LogP contribution in [0, 0.1) is 6.92 Å². The van der Waals surface area contributed by atoms with Gasteiger partial charge in [0.15, 0.2) is 0 Å². The lowest BCUT2D eigenvalue weighted by molar-refractivity contribution is 0.0696. The second-order valence-electron chi connectivity index (χ2n) is 4.34. The Morgan fingerprint density at radius 2 is 2.00 bits per heavy atom. The van der Waals surface area contributed by atoms with Crippen molar-refractivity contribution < 1.29 is 9.90 Å². The topological polar surface area (TPSA) is 55.1 Å². The van der Waals surface area contributed by atoms with Gasteiger partial charge < -0.3 is 9.67 Å². The Morgan fingerprint density at radius 3 is 2.74 bits per heavy atom. The molecule has 19 heavy (non-hydrogen) atoms. The highest BCUT2D eigenvalue weighted by atomic mass is 16.4. The number of pyridine rings is 1. The number of hydrogen-bond donors (Lipinski definition) is 1. The molecule has 0 spiro atoms. The van der Waals surface area contributed by atoms with Crippen LogP contribution < -0.4 is 0 Å². The fourth-order valence-corrected chi connectivity index (χ4v) is 2.29. The molecule has 0 aliphatic rings. The summed E-state index contributed by atoms with van der Waals surface area (Å²) in [4.78, 5) is 15.4. The van der Waals surface area contributed by atoms with Crippen molar-refractivity contribution in [2.24, 2.45) is 0 Å². The maximum atomic E-state index is 11.1. The number of benzene rings is 1. The van der Waals surface area contributed by atoms with Crippen LogP contribution in [-0.2, 0) is 0 Å². The quantitative estimate of drug-likeness (QED) is 0.762. The van der Waals surface area contributed by atoms with Gasteiger partial charge in [-0.1, -0.05) is 18.2 Å². The predicted octanol–water partition coefficient (Wildman–Crippen LogP) is 3.03. The molecule has 1 N–H and O–H groups in total. The normalized spacial score (nSPS) is 10.8. The van der Waals surface area contributed by atoms with Gasteiger partial charge in [-0.05, 0) is 25.1 Å². The number of para-hydroxylation sites is 1. The lowest BCUT2D eigenvalue weighted by atomic mass is 10.2. The van der Waals surface area contributed by atoms with Gasteiger partial charge in [0.05, 0.1) is 16.8 Å². The number of carboxylic acids is 1. The average Bonchev–Trinajstić information content (AvgIpc) is 2.80. The van der Waals surface area contributed by atoms with Crippen molar-refractivity contribution >= 4 is 16.9 Å². The summed E-state index contributed by atoms with van der Waals surface area (Å²) in [5.41, 5.74) is 2.87. The number of fused-ring (bicyclic) bond motifs is 1. The van der Waals surface area contributed by atoms with E-state index in [4.69, 9.17) is 5.11 Å². The maximum Gasteiger partial charge on any atom is 0.337 e. The second kappa shape index (κ2) is 4.24. The molecule has 0 amide bonds. The Labute approximate surface area is 109 Å². The molecule has 0 unspecified atom stereocenters. The molecule has 4 heteroatoms. The smallest absolute Gasteiger partial charge is 0.337 e. The Balaban J connectivity index is 2.28. The highest BCUT2D eigenvalue weighted by molar-refractivity contribution is 5.91. The van der Waals surface area contributed by atoms with Crippen molar-refractivity contribution in [3.05, 3.63) is 60.0 Å². The van der Waals surface area contributed by atoms with Crippen LogP contribution in [-0.4, -0.2) is 20.6 Å². The SMILES string of the molecule is Cc1c(C(=O)O)ccn1-c1ccnc2ccccc12. The minimum atomic E-state index is -0.908. The van der Waals surface area contributed by atoms with Crippen LogP contribution >= 0.6 is 0 Å². The first-order chi connectivity index (χ1) is 9.18. The summed E-state index contributed by atoms with van der Waals surface area (Å²) < 4.78 is 1.88. The third kappa shape index (κ3) is 1.78. The molecular formula is C15H12N2O2. The molecule has 3 aromatic rings. The van der Waals surface area contributed by atoms with E-state index in [-0.39, 0.29) is 0 Å². The van der Waals surface area contributed by atoms with Crippen molar-refractivity contribution in [2.75, 3.05) is 0 Å². The molecule has 0 fully saturated rings. The monoisotopic (exact) mass is 252 g/mol. The molecule has 2 heterocycles.